The molecule has 130 valence electrons. The fourth-order valence-corrected chi connectivity index (χ4v) is 3.91. The Labute approximate surface area is 144 Å². The molecule has 3 rings (SSSR count). The van der Waals surface area contributed by atoms with Gasteiger partial charge >= 0.3 is 0 Å². The largest absolute Gasteiger partial charge is 0.353 e. The van der Waals surface area contributed by atoms with Crippen molar-refractivity contribution in [1.29, 1.82) is 0 Å². The van der Waals surface area contributed by atoms with Crippen LogP contribution in [0.2, 0.25) is 0 Å². The molecular formula is C19H28N4O. The quantitative estimate of drug-likeness (QED) is 0.865. The van der Waals surface area contributed by atoms with Crippen LogP contribution in [0.25, 0.3) is 0 Å². The predicted octanol–water partition coefficient (Wildman–Crippen LogP) is 3.15. The molecule has 0 aromatic carbocycles. The first-order valence-corrected chi connectivity index (χ1v) is 8.96. The van der Waals surface area contributed by atoms with Crippen molar-refractivity contribution in [3.63, 3.8) is 0 Å². The summed E-state index contributed by atoms with van der Waals surface area (Å²) in [5.74, 6) is 0.225. The van der Waals surface area contributed by atoms with Gasteiger partial charge in [-0.2, -0.15) is 5.10 Å². The van der Waals surface area contributed by atoms with E-state index in [9.17, 15) is 4.79 Å². The van der Waals surface area contributed by atoms with Crippen molar-refractivity contribution in [3.8, 4) is 0 Å². The number of rotatable bonds is 4. The number of piperidine rings is 1. The van der Waals surface area contributed by atoms with Gasteiger partial charge in [0.2, 0.25) is 5.91 Å². The predicted molar refractivity (Wildman–Crippen MR) is 94.8 cm³/mol. The van der Waals surface area contributed by atoms with Gasteiger partial charge in [0.05, 0.1) is 18.2 Å². The van der Waals surface area contributed by atoms with Crippen molar-refractivity contribution in [3.05, 3.63) is 41.0 Å². The number of hydrogen-bond acceptors (Lipinski definition) is 2. The van der Waals surface area contributed by atoms with Gasteiger partial charge in [0.1, 0.15) is 0 Å². The summed E-state index contributed by atoms with van der Waals surface area (Å²) in [4.78, 5) is 15.2. The topological polar surface area (TPSA) is 43.1 Å². The van der Waals surface area contributed by atoms with Crippen LogP contribution in [-0.4, -0.2) is 31.7 Å². The SMILES string of the molecule is CCn1nc(C)c(CC(=O)N2CCCC[C@@H]2c2cccn2C)c1C. The van der Waals surface area contributed by atoms with Gasteiger partial charge < -0.3 is 9.47 Å². The molecule has 1 amide bonds. The third kappa shape index (κ3) is 2.99. The molecule has 0 radical (unpaired) electrons. The maximum atomic E-state index is 13.1. The minimum absolute atomic E-state index is 0.202. The van der Waals surface area contributed by atoms with Crippen LogP contribution in [0.4, 0.5) is 0 Å². The first kappa shape index (κ1) is 16.8. The molecule has 0 N–H and O–H groups in total. The molecule has 2 aromatic heterocycles. The van der Waals surface area contributed by atoms with Gasteiger partial charge in [0.15, 0.2) is 0 Å². The molecule has 0 spiro atoms. The molecule has 0 unspecified atom stereocenters. The Morgan fingerprint density at radius 2 is 2.12 bits per heavy atom. The second kappa shape index (κ2) is 6.83. The molecule has 0 aliphatic carbocycles. The number of carbonyl (C=O) groups is 1. The molecule has 1 aliphatic rings. The summed E-state index contributed by atoms with van der Waals surface area (Å²) in [5, 5.41) is 4.55. The first-order valence-electron chi connectivity index (χ1n) is 8.96. The van der Waals surface area contributed by atoms with Crippen molar-refractivity contribution in [2.75, 3.05) is 6.54 Å². The third-order valence-electron chi connectivity index (χ3n) is 5.31. The lowest BCUT2D eigenvalue weighted by molar-refractivity contribution is -0.134. The van der Waals surface area contributed by atoms with E-state index in [0.717, 1.165) is 42.9 Å². The molecule has 1 fully saturated rings. The summed E-state index contributed by atoms with van der Waals surface area (Å²) in [6, 6.07) is 4.40. The van der Waals surface area contributed by atoms with E-state index in [2.05, 4.69) is 53.8 Å². The summed E-state index contributed by atoms with van der Waals surface area (Å²) >= 11 is 0. The van der Waals surface area contributed by atoms with Crippen molar-refractivity contribution in [2.24, 2.45) is 7.05 Å². The van der Waals surface area contributed by atoms with Gasteiger partial charge in [-0.1, -0.05) is 0 Å². The number of likely N-dealkylation sites (tertiary alicyclic amines) is 1. The zero-order valence-electron chi connectivity index (χ0n) is 15.2. The number of hydrogen-bond donors (Lipinski definition) is 0. The molecule has 2 aromatic rings. The van der Waals surface area contributed by atoms with Crippen molar-refractivity contribution >= 4 is 5.91 Å². The van der Waals surface area contributed by atoms with E-state index in [1.165, 1.54) is 12.1 Å². The lowest BCUT2D eigenvalue weighted by Gasteiger charge is -2.36. The van der Waals surface area contributed by atoms with Gasteiger partial charge in [-0.05, 0) is 52.2 Å². The Morgan fingerprint density at radius 3 is 2.75 bits per heavy atom. The lowest BCUT2D eigenvalue weighted by Crippen LogP contribution is -2.40. The van der Waals surface area contributed by atoms with E-state index in [0.29, 0.717) is 6.42 Å². The number of carbonyl (C=O) groups excluding carboxylic acids is 1. The Morgan fingerprint density at radius 1 is 1.33 bits per heavy atom. The zero-order valence-corrected chi connectivity index (χ0v) is 15.2. The Balaban J connectivity index is 1.83. The third-order valence-corrected chi connectivity index (χ3v) is 5.31. The van der Waals surface area contributed by atoms with Crippen LogP contribution >= 0.6 is 0 Å². The van der Waals surface area contributed by atoms with Crippen LogP contribution < -0.4 is 0 Å². The monoisotopic (exact) mass is 328 g/mol. The average Bonchev–Trinajstić information content (AvgIpc) is 3.12. The molecule has 0 bridgehead atoms. The van der Waals surface area contributed by atoms with E-state index in [1.54, 1.807) is 0 Å². The van der Waals surface area contributed by atoms with E-state index in [-0.39, 0.29) is 11.9 Å². The summed E-state index contributed by atoms with van der Waals surface area (Å²) in [5.41, 5.74) is 4.43. The second-order valence-corrected chi connectivity index (χ2v) is 6.78. The molecule has 1 aliphatic heterocycles. The van der Waals surface area contributed by atoms with Gasteiger partial charge in [0, 0.05) is 43.3 Å². The molecule has 1 atom stereocenters. The van der Waals surface area contributed by atoms with Gasteiger partial charge in [-0.15, -0.1) is 0 Å². The van der Waals surface area contributed by atoms with Crippen LogP contribution in [0, 0.1) is 13.8 Å². The average molecular weight is 328 g/mol. The Hall–Kier alpha value is -2.04. The van der Waals surface area contributed by atoms with Gasteiger partial charge in [-0.25, -0.2) is 0 Å². The van der Waals surface area contributed by atoms with Gasteiger partial charge in [-0.3, -0.25) is 9.48 Å². The zero-order chi connectivity index (χ0) is 17.3. The lowest BCUT2D eigenvalue weighted by atomic mass is 9.98. The second-order valence-electron chi connectivity index (χ2n) is 6.78. The molecule has 5 nitrogen and oxygen atoms in total. The van der Waals surface area contributed by atoms with E-state index in [1.807, 2.05) is 11.6 Å². The number of aryl methyl sites for hydroxylation is 3. The smallest absolute Gasteiger partial charge is 0.227 e. The summed E-state index contributed by atoms with van der Waals surface area (Å²) in [6.07, 6.45) is 5.85. The highest BCUT2D eigenvalue weighted by Gasteiger charge is 2.30. The van der Waals surface area contributed by atoms with Crippen LogP contribution in [-0.2, 0) is 24.8 Å². The first-order chi connectivity index (χ1) is 11.5. The van der Waals surface area contributed by atoms with Crippen molar-refractivity contribution in [2.45, 2.75) is 59.0 Å². The van der Waals surface area contributed by atoms with Crippen molar-refractivity contribution in [1.82, 2.24) is 19.2 Å². The van der Waals surface area contributed by atoms with Crippen LogP contribution in [0.15, 0.2) is 18.3 Å². The highest BCUT2D eigenvalue weighted by molar-refractivity contribution is 5.80. The fraction of sp³-hybridized carbons (Fsp3) is 0.579. The van der Waals surface area contributed by atoms with Crippen LogP contribution in [0.5, 0.6) is 0 Å². The van der Waals surface area contributed by atoms with E-state index >= 15 is 0 Å². The molecule has 24 heavy (non-hydrogen) atoms. The minimum atomic E-state index is 0.202. The molecule has 3 heterocycles. The summed E-state index contributed by atoms with van der Waals surface area (Å²) < 4.78 is 4.13. The van der Waals surface area contributed by atoms with Crippen LogP contribution in [0.1, 0.15) is 54.9 Å². The molecule has 0 saturated carbocycles. The molecular weight excluding hydrogens is 300 g/mol. The highest BCUT2D eigenvalue weighted by atomic mass is 16.2. The minimum Gasteiger partial charge on any atom is -0.353 e. The van der Waals surface area contributed by atoms with E-state index < -0.39 is 0 Å². The Kier molecular flexibility index (Phi) is 4.78. The fourth-order valence-electron chi connectivity index (χ4n) is 3.91. The standard InChI is InChI=1S/C19H28N4O/c1-5-23-15(3)16(14(2)20-23)13-19(24)22-12-7-6-9-18(22)17-10-8-11-21(17)4/h8,10-11,18H,5-7,9,12-13H2,1-4H3/t18-/m1/s1. The van der Waals surface area contributed by atoms with Crippen LogP contribution in [0.3, 0.4) is 0 Å². The van der Waals surface area contributed by atoms with Crippen molar-refractivity contribution < 1.29 is 4.79 Å². The van der Waals surface area contributed by atoms with Gasteiger partial charge in [0.25, 0.3) is 0 Å². The Bertz CT molecular complexity index is 728. The normalized spacial score (nSPS) is 18.2. The molecule has 1 saturated heterocycles. The maximum Gasteiger partial charge on any atom is 0.227 e. The maximum absolute atomic E-state index is 13.1. The number of nitrogens with zero attached hydrogens (tertiary/aromatic N) is 4. The molecule has 5 heteroatoms. The summed E-state index contributed by atoms with van der Waals surface area (Å²) in [6.45, 7) is 7.86. The number of amides is 1. The van der Waals surface area contributed by atoms with E-state index in [4.69, 9.17) is 0 Å². The number of aromatic nitrogens is 3. The highest BCUT2D eigenvalue weighted by Crippen LogP contribution is 2.31. The summed E-state index contributed by atoms with van der Waals surface area (Å²) in [7, 11) is 2.06.